The van der Waals surface area contributed by atoms with E-state index in [0.717, 1.165) is 35.9 Å². The van der Waals surface area contributed by atoms with E-state index in [2.05, 4.69) is 4.98 Å². The van der Waals surface area contributed by atoms with Crippen LogP contribution in [0.3, 0.4) is 0 Å². The molecule has 0 atom stereocenters. The van der Waals surface area contributed by atoms with E-state index in [1.54, 1.807) is 5.38 Å². The lowest BCUT2D eigenvalue weighted by Crippen LogP contribution is -2.24. The molecule has 0 bridgehead atoms. The highest BCUT2D eigenvalue weighted by atomic mass is 35.5. The first-order chi connectivity index (χ1) is 11.8. The zero-order valence-electron chi connectivity index (χ0n) is 12.0. The number of hydrogen-bond donors (Lipinski definition) is 2. The summed E-state index contributed by atoms with van der Waals surface area (Å²) < 4.78 is 0.462. The first kappa shape index (κ1) is 17.2. The molecule has 11 heteroatoms. The third-order valence-corrected chi connectivity index (χ3v) is 4.67. The number of hydrogen-bond acceptors (Lipinski definition) is 7. The van der Waals surface area contributed by atoms with Crippen LogP contribution in [0.1, 0.15) is 0 Å². The van der Waals surface area contributed by atoms with Crippen molar-refractivity contribution in [1.82, 2.24) is 4.98 Å². The number of phenols is 2. The summed E-state index contributed by atoms with van der Waals surface area (Å²) in [6, 6.07) is 2.24. The van der Waals surface area contributed by atoms with Gasteiger partial charge in [0, 0.05) is 17.0 Å². The fourth-order valence-electron chi connectivity index (χ4n) is 2.12. The monoisotopic (exact) mass is 399 g/mol. The molecule has 0 spiro atoms. The quantitative estimate of drug-likeness (QED) is 0.227. The molecule has 8 nitrogen and oxygen atoms in total. The highest BCUT2D eigenvalue weighted by Gasteiger charge is 2.22. The number of benzene rings is 1. The molecule has 0 aliphatic carbocycles. The van der Waals surface area contributed by atoms with Crippen LogP contribution in [0, 0.1) is 15.3 Å². The maximum atomic E-state index is 11.3. The predicted octanol–water partition coefficient (Wildman–Crippen LogP) is 3.74. The SMILES string of the molecule is O=[N+]([O-])c1cc(-c2csc(-c3c(Cl)c[n+]([O-])cc3Cl)n2)cc(O)c1O. The van der Waals surface area contributed by atoms with Gasteiger partial charge >= 0.3 is 5.69 Å². The van der Waals surface area contributed by atoms with Crippen LogP contribution in [0.2, 0.25) is 10.0 Å². The first-order valence-corrected chi connectivity index (χ1v) is 8.16. The van der Waals surface area contributed by atoms with Crippen molar-refractivity contribution in [2.45, 2.75) is 0 Å². The summed E-state index contributed by atoms with van der Waals surface area (Å²) in [4.78, 5) is 14.4. The summed E-state index contributed by atoms with van der Waals surface area (Å²) in [5, 5.41) is 43.7. The van der Waals surface area contributed by atoms with Crippen LogP contribution < -0.4 is 4.73 Å². The Hall–Kier alpha value is -2.62. The van der Waals surface area contributed by atoms with Gasteiger partial charge in [0.15, 0.2) is 18.1 Å². The highest BCUT2D eigenvalue weighted by Crippen LogP contribution is 2.41. The number of nitrogens with zero attached hydrogens (tertiary/aromatic N) is 3. The molecule has 0 unspecified atom stereocenters. The Morgan fingerprint density at radius 2 is 1.84 bits per heavy atom. The largest absolute Gasteiger partial charge is 0.619 e. The van der Waals surface area contributed by atoms with Crippen LogP contribution in [-0.2, 0) is 0 Å². The second-order valence-corrected chi connectivity index (χ2v) is 6.52. The lowest BCUT2D eigenvalue weighted by molar-refractivity contribution is -0.605. The Bertz CT molecular complexity index is 985. The van der Waals surface area contributed by atoms with Gasteiger partial charge in [0.05, 0.1) is 16.2 Å². The number of rotatable bonds is 3. The van der Waals surface area contributed by atoms with Crippen LogP contribution in [0.4, 0.5) is 5.69 Å². The van der Waals surface area contributed by atoms with Gasteiger partial charge in [-0.2, -0.15) is 4.73 Å². The number of pyridine rings is 1. The molecule has 3 rings (SSSR count). The van der Waals surface area contributed by atoms with E-state index in [1.165, 1.54) is 0 Å². The van der Waals surface area contributed by atoms with Gasteiger partial charge in [-0.1, -0.05) is 23.2 Å². The highest BCUT2D eigenvalue weighted by molar-refractivity contribution is 7.13. The van der Waals surface area contributed by atoms with Crippen LogP contribution in [-0.4, -0.2) is 20.1 Å². The van der Waals surface area contributed by atoms with E-state index in [4.69, 9.17) is 23.2 Å². The number of aromatic nitrogens is 2. The molecular weight excluding hydrogens is 393 g/mol. The van der Waals surface area contributed by atoms with Gasteiger partial charge in [0.25, 0.3) is 0 Å². The summed E-state index contributed by atoms with van der Waals surface area (Å²) in [7, 11) is 0. The zero-order valence-corrected chi connectivity index (χ0v) is 14.3. The summed E-state index contributed by atoms with van der Waals surface area (Å²) in [6.07, 6.45) is 2.25. The van der Waals surface area contributed by atoms with Crippen LogP contribution in [0.15, 0.2) is 29.9 Å². The van der Waals surface area contributed by atoms with Crippen LogP contribution in [0.5, 0.6) is 11.5 Å². The Labute approximate surface area is 153 Å². The van der Waals surface area contributed by atoms with Gasteiger partial charge in [-0.3, -0.25) is 10.1 Å². The van der Waals surface area contributed by atoms with Crippen molar-refractivity contribution in [3.05, 3.63) is 55.3 Å². The summed E-state index contributed by atoms with van der Waals surface area (Å²) in [5.74, 6) is -1.46. The van der Waals surface area contributed by atoms with Crippen molar-refractivity contribution < 1.29 is 19.9 Å². The lowest BCUT2D eigenvalue weighted by Gasteiger charge is -2.04. The van der Waals surface area contributed by atoms with Crippen molar-refractivity contribution in [2.24, 2.45) is 0 Å². The Morgan fingerprint density at radius 1 is 1.20 bits per heavy atom. The molecule has 2 aromatic heterocycles. The number of nitro benzene ring substituents is 1. The van der Waals surface area contributed by atoms with Crippen LogP contribution >= 0.6 is 34.5 Å². The molecule has 3 aromatic rings. The minimum Gasteiger partial charge on any atom is -0.619 e. The van der Waals surface area contributed by atoms with Crippen molar-refractivity contribution in [2.75, 3.05) is 0 Å². The molecule has 0 aliphatic rings. The third-order valence-electron chi connectivity index (χ3n) is 3.24. The molecule has 0 saturated carbocycles. The molecule has 0 saturated heterocycles. The number of thiazole rings is 1. The number of phenolic OH excluding ortho intramolecular Hbond substituents is 2. The van der Waals surface area contributed by atoms with Gasteiger partial charge in [0.2, 0.25) is 5.75 Å². The smallest absolute Gasteiger partial charge is 0.315 e. The van der Waals surface area contributed by atoms with Crippen molar-refractivity contribution in [3.8, 4) is 33.3 Å². The molecule has 0 fully saturated rings. The van der Waals surface area contributed by atoms with Gasteiger partial charge in [0.1, 0.15) is 15.1 Å². The minimum atomic E-state index is -0.821. The fourth-order valence-corrected chi connectivity index (χ4v) is 3.76. The van der Waals surface area contributed by atoms with E-state index in [9.17, 15) is 25.5 Å². The number of aromatic hydroxyl groups is 2. The van der Waals surface area contributed by atoms with E-state index >= 15 is 0 Å². The molecule has 0 aliphatic heterocycles. The molecule has 25 heavy (non-hydrogen) atoms. The van der Waals surface area contributed by atoms with E-state index in [0.29, 0.717) is 21.0 Å². The molecule has 0 amide bonds. The fraction of sp³-hybridized carbons (Fsp3) is 0. The Kier molecular flexibility index (Phi) is 4.38. The van der Waals surface area contributed by atoms with E-state index in [1.807, 2.05) is 0 Å². The second kappa shape index (κ2) is 6.36. The van der Waals surface area contributed by atoms with Crippen molar-refractivity contribution in [3.63, 3.8) is 0 Å². The topological polar surface area (TPSA) is 123 Å². The number of halogens is 2. The Balaban J connectivity index is 2.11. The second-order valence-electron chi connectivity index (χ2n) is 4.85. The van der Waals surface area contributed by atoms with E-state index in [-0.39, 0.29) is 15.6 Å². The predicted molar refractivity (Wildman–Crippen MR) is 91.9 cm³/mol. The van der Waals surface area contributed by atoms with Crippen LogP contribution in [0.25, 0.3) is 21.8 Å². The maximum absolute atomic E-state index is 11.3. The van der Waals surface area contributed by atoms with Gasteiger partial charge in [-0.25, -0.2) is 4.98 Å². The third kappa shape index (κ3) is 3.16. The molecule has 128 valence electrons. The standard InChI is InChI=1S/C14H7Cl2N3O5S/c15-7-3-18(22)4-8(16)12(7)14-17-9(5-25-14)6-1-10(19(23)24)13(21)11(20)2-6/h1-5,20-21H. The summed E-state index contributed by atoms with van der Waals surface area (Å²) in [6.45, 7) is 0. The average Bonchev–Trinajstić information content (AvgIpc) is 2.98. The molecular formula is C14H7Cl2N3O5S. The molecule has 2 heterocycles. The summed E-state index contributed by atoms with van der Waals surface area (Å²) >= 11 is 13.2. The average molecular weight is 400 g/mol. The first-order valence-electron chi connectivity index (χ1n) is 6.52. The maximum Gasteiger partial charge on any atom is 0.315 e. The van der Waals surface area contributed by atoms with E-state index < -0.39 is 22.1 Å². The van der Waals surface area contributed by atoms with Gasteiger partial charge in [-0.05, 0) is 6.07 Å². The molecule has 0 radical (unpaired) electrons. The molecule has 1 aromatic carbocycles. The Morgan fingerprint density at radius 3 is 2.44 bits per heavy atom. The lowest BCUT2D eigenvalue weighted by atomic mass is 10.1. The molecule has 2 N–H and O–H groups in total. The van der Waals surface area contributed by atoms with Gasteiger partial charge < -0.3 is 15.4 Å². The van der Waals surface area contributed by atoms with Gasteiger partial charge in [-0.15, -0.1) is 11.3 Å². The van der Waals surface area contributed by atoms with Crippen molar-refractivity contribution >= 4 is 40.2 Å². The normalized spacial score (nSPS) is 10.8. The summed E-state index contributed by atoms with van der Waals surface area (Å²) in [5.41, 5.74) is 0.243. The number of nitro groups is 1. The zero-order chi connectivity index (χ0) is 18.3. The van der Waals surface area contributed by atoms with Crippen molar-refractivity contribution in [1.29, 1.82) is 0 Å². The minimum absolute atomic E-state index is 0.0999.